The van der Waals surface area contributed by atoms with Crippen LogP contribution in [0.5, 0.6) is 0 Å². The number of sulfonamides is 1. The van der Waals surface area contributed by atoms with E-state index in [1.807, 2.05) is 11.9 Å². The predicted molar refractivity (Wildman–Crippen MR) is 73.1 cm³/mol. The number of alkyl halides is 3. The van der Waals surface area contributed by atoms with E-state index in [9.17, 15) is 21.6 Å². The Morgan fingerprint density at radius 1 is 1.05 bits per heavy atom. The number of likely N-dealkylation sites (N-methyl/N-ethyl adjacent to an activating group) is 1. The van der Waals surface area contributed by atoms with Gasteiger partial charge in [0.05, 0.1) is 11.3 Å². The lowest BCUT2D eigenvalue weighted by Gasteiger charge is -2.31. The molecule has 1 aliphatic rings. The number of piperazine rings is 1. The Morgan fingerprint density at radius 2 is 1.57 bits per heavy atom. The summed E-state index contributed by atoms with van der Waals surface area (Å²) in [4.78, 5) is 2.03. The Kier molecular flexibility index (Phi) is 4.60. The Balaban J connectivity index is 2.07. The highest BCUT2D eigenvalue weighted by molar-refractivity contribution is 7.88. The van der Waals surface area contributed by atoms with E-state index in [-0.39, 0.29) is 5.75 Å². The zero-order valence-corrected chi connectivity index (χ0v) is 12.4. The van der Waals surface area contributed by atoms with Crippen LogP contribution in [-0.4, -0.2) is 50.8 Å². The quantitative estimate of drug-likeness (QED) is 0.852. The van der Waals surface area contributed by atoms with Crippen LogP contribution in [0.2, 0.25) is 0 Å². The molecule has 1 saturated heterocycles. The van der Waals surface area contributed by atoms with E-state index >= 15 is 0 Å². The molecule has 21 heavy (non-hydrogen) atoms. The van der Waals surface area contributed by atoms with Gasteiger partial charge in [0.25, 0.3) is 0 Å². The molecule has 8 heteroatoms. The van der Waals surface area contributed by atoms with Crippen molar-refractivity contribution in [2.45, 2.75) is 11.9 Å². The first-order valence-electron chi connectivity index (χ1n) is 6.51. The van der Waals surface area contributed by atoms with E-state index < -0.39 is 21.8 Å². The molecular formula is C13H17F3N2O2S. The van der Waals surface area contributed by atoms with Gasteiger partial charge in [0.1, 0.15) is 0 Å². The Morgan fingerprint density at radius 3 is 2.05 bits per heavy atom. The molecule has 2 rings (SSSR count). The average molecular weight is 322 g/mol. The van der Waals surface area contributed by atoms with Crippen molar-refractivity contribution in [2.24, 2.45) is 0 Å². The zero-order valence-electron chi connectivity index (χ0n) is 11.6. The summed E-state index contributed by atoms with van der Waals surface area (Å²) in [5.41, 5.74) is -0.412. The molecule has 0 radical (unpaired) electrons. The molecular weight excluding hydrogens is 305 g/mol. The van der Waals surface area contributed by atoms with E-state index in [4.69, 9.17) is 0 Å². The summed E-state index contributed by atoms with van der Waals surface area (Å²) < 4.78 is 63.2. The Labute approximate surface area is 122 Å². The highest BCUT2D eigenvalue weighted by Crippen LogP contribution is 2.29. The maximum atomic E-state index is 12.5. The van der Waals surface area contributed by atoms with Gasteiger partial charge in [-0.1, -0.05) is 12.1 Å². The summed E-state index contributed by atoms with van der Waals surface area (Å²) in [6.45, 7) is 2.15. The standard InChI is InChI=1S/C13H17F3N2O2S/c1-17-6-8-18(9-7-17)21(19,20)10-11-2-4-12(5-3-11)13(14,15)16/h2-5H,6-10H2,1H3. The van der Waals surface area contributed by atoms with Crippen LogP contribution in [-0.2, 0) is 22.0 Å². The van der Waals surface area contributed by atoms with Crippen LogP contribution >= 0.6 is 0 Å². The molecule has 1 aliphatic heterocycles. The molecule has 0 saturated carbocycles. The van der Waals surface area contributed by atoms with Crippen molar-refractivity contribution in [3.05, 3.63) is 35.4 Å². The van der Waals surface area contributed by atoms with Crippen molar-refractivity contribution >= 4 is 10.0 Å². The van der Waals surface area contributed by atoms with Gasteiger partial charge in [-0.05, 0) is 24.7 Å². The third-order valence-corrected chi connectivity index (χ3v) is 5.34. The fraction of sp³-hybridized carbons (Fsp3) is 0.538. The van der Waals surface area contributed by atoms with Gasteiger partial charge >= 0.3 is 6.18 Å². The zero-order chi connectivity index (χ0) is 15.7. The molecule has 1 aromatic rings. The second kappa shape index (κ2) is 5.94. The Bertz CT molecular complexity index is 576. The average Bonchev–Trinajstić information content (AvgIpc) is 2.38. The summed E-state index contributed by atoms with van der Waals surface area (Å²) in [6, 6.07) is 4.26. The van der Waals surface area contributed by atoms with Crippen LogP contribution in [0.1, 0.15) is 11.1 Å². The van der Waals surface area contributed by atoms with Gasteiger partial charge < -0.3 is 4.90 Å². The van der Waals surface area contributed by atoms with Gasteiger partial charge in [-0.2, -0.15) is 17.5 Å². The van der Waals surface area contributed by atoms with Gasteiger partial charge in [0.15, 0.2) is 0 Å². The second-order valence-electron chi connectivity index (χ2n) is 5.15. The molecule has 118 valence electrons. The molecule has 1 heterocycles. The number of nitrogens with zero attached hydrogens (tertiary/aromatic N) is 2. The SMILES string of the molecule is CN1CCN(S(=O)(=O)Cc2ccc(C(F)(F)F)cc2)CC1. The van der Waals surface area contributed by atoms with Crippen molar-refractivity contribution in [1.82, 2.24) is 9.21 Å². The highest BCUT2D eigenvalue weighted by atomic mass is 32.2. The molecule has 1 aromatic carbocycles. The minimum Gasteiger partial charge on any atom is -0.304 e. The van der Waals surface area contributed by atoms with Gasteiger partial charge in [-0.15, -0.1) is 0 Å². The highest BCUT2D eigenvalue weighted by Gasteiger charge is 2.30. The number of benzene rings is 1. The third kappa shape index (κ3) is 4.18. The second-order valence-corrected chi connectivity index (χ2v) is 7.12. The van der Waals surface area contributed by atoms with Crippen LogP contribution in [0.25, 0.3) is 0 Å². The lowest BCUT2D eigenvalue weighted by Crippen LogP contribution is -2.47. The summed E-state index contributed by atoms with van der Waals surface area (Å²) in [7, 11) is -1.57. The van der Waals surface area contributed by atoms with Crippen LogP contribution in [0, 0.1) is 0 Å². The number of halogens is 3. The number of rotatable bonds is 3. The fourth-order valence-electron chi connectivity index (χ4n) is 2.16. The molecule has 4 nitrogen and oxygen atoms in total. The van der Waals surface area contributed by atoms with Crippen molar-refractivity contribution in [3.63, 3.8) is 0 Å². The van der Waals surface area contributed by atoms with Gasteiger partial charge in [-0.3, -0.25) is 0 Å². The molecule has 0 bridgehead atoms. The number of hydrogen-bond donors (Lipinski definition) is 0. The van der Waals surface area contributed by atoms with Crippen molar-refractivity contribution in [2.75, 3.05) is 33.2 Å². The summed E-state index contributed by atoms with van der Waals surface area (Å²) in [5, 5.41) is 0. The molecule has 0 unspecified atom stereocenters. The van der Waals surface area contributed by atoms with E-state index in [2.05, 4.69) is 0 Å². The summed E-state index contributed by atoms with van der Waals surface area (Å²) in [5.74, 6) is -0.269. The monoisotopic (exact) mass is 322 g/mol. The Hall–Kier alpha value is -1.12. The lowest BCUT2D eigenvalue weighted by molar-refractivity contribution is -0.137. The van der Waals surface area contributed by atoms with Gasteiger partial charge in [0, 0.05) is 26.2 Å². The smallest absolute Gasteiger partial charge is 0.304 e. The van der Waals surface area contributed by atoms with Crippen LogP contribution in [0.15, 0.2) is 24.3 Å². The predicted octanol–water partition coefficient (Wildman–Crippen LogP) is 1.78. The lowest BCUT2D eigenvalue weighted by atomic mass is 10.1. The normalized spacial score (nSPS) is 18.9. The van der Waals surface area contributed by atoms with E-state index in [1.54, 1.807) is 0 Å². The van der Waals surface area contributed by atoms with Crippen molar-refractivity contribution < 1.29 is 21.6 Å². The van der Waals surface area contributed by atoms with E-state index in [0.717, 1.165) is 12.1 Å². The third-order valence-electron chi connectivity index (χ3n) is 3.49. The molecule has 0 spiro atoms. The fourth-order valence-corrected chi connectivity index (χ4v) is 3.67. The molecule has 0 N–H and O–H groups in total. The van der Waals surface area contributed by atoms with E-state index in [1.165, 1.54) is 16.4 Å². The first-order chi connectivity index (χ1) is 9.68. The first kappa shape index (κ1) is 16.3. The van der Waals surface area contributed by atoms with Crippen molar-refractivity contribution in [3.8, 4) is 0 Å². The first-order valence-corrected chi connectivity index (χ1v) is 8.12. The molecule has 0 atom stereocenters. The summed E-state index contributed by atoms with van der Waals surface area (Å²) in [6.07, 6.45) is -4.41. The molecule has 0 aromatic heterocycles. The van der Waals surface area contributed by atoms with Crippen LogP contribution in [0.3, 0.4) is 0 Å². The topological polar surface area (TPSA) is 40.6 Å². The van der Waals surface area contributed by atoms with Gasteiger partial charge in [0.2, 0.25) is 10.0 Å². The summed E-state index contributed by atoms with van der Waals surface area (Å²) >= 11 is 0. The molecule has 0 amide bonds. The maximum absolute atomic E-state index is 12.5. The molecule has 1 fully saturated rings. The maximum Gasteiger partial charge on any atom is 0.416 e. The van der Waals surface area contributed by atoms with Crippen LogP contribution in [0.4, 0.5) is 13.2 Å². The van der Waals surface area contributed by atoms with E-state index in [0.29, 0.717) is 31.7 Å². The minimum absolute atomic E-state index is 0.269. The van der Waals surface area contributed by atoms with Crippen molar-refractivity contribution in [1.29, 1.82) is 0 Å². The molecule has 0 aliphatic carbocycles. The van der Waals surface area contributed by atoms with Crippen LogP contribution < -0.4 is 0 Å². The largest absolute Gasteiger partial charge is 0.416 e. The van der Waals surface area contributed by atoms with Gasteiger partial charge in [-0.25, -0.2) is 8.42 Å². The number of hydrogen-bond acceptors (Lipinski definition) is 3. The minimum atomic E-state index is -4.41.